The maximum Gasteiger partial charge on any atom is 0.164 e. The highest BCUT2D eigenvalue weighted by Crippen LogP contribution is 2.40. The van der Waals surface area contributed by atoms with Gasteiger partial charge in [-0.3, -0.25) is 24.0 Å². The molecule has 0 radical (unpaired) electrons. The van der Waals surface area contributed by atoms with Crippen molar-refractivity contribution in [3.8, 4) is 34.5 Å². The third-order valence-electron chi connectivity index (χ3n) is 18.2. The fourth-order valence-electron chi connectivity index (χ4n) is 11.7. The number of benzene rings is 10. The molecule has 0 aromatic heterocycles. The molecule has 0 bridgehead atoms. The number of aliphatic hydroxyl groups excluding tert-OH is 5. The van der Waals surface area contributed by atoms with E-state index in [4.69, 9.17) is 54.0 Å². The third kappa shape index (κ3) is 33.9. The lowest BCUT2D eigenvalue weighted by molar-refractivity contribution is 0.0974. The van der Waals surface area contributed by atoms with Crippen LogP contribution in [0.25, 0.3) is 0 Å². The summed E-state index contributed by atoms with van der Waals surface area (Å²) >= 11 is 7.99. The van der Waals surface area contributed by atoms with Crippen LogP contribution in [0.1, 0.15) is 160 Å². The predicted molar refractivity (Wildman–Crippen MR) is 479 cm³/mol. The van der Waals surface area contributed by atoms with Crippen molar-refractivity contribution in [3.63, 3.8) is 0 Å². The SMILES string of the molecule is COc1ccc(C(=O)CC(SCCO)c2ccc(OC)cc2)cc1.COc1ccc(C(CC(=O)c2ccc(C)cc2)SCCO)cc1.COc1ccc(C(CC(=O)c2ccc(C)cc2)SCCO)cc1.COc1ccc(C(CC(=O)c2ccc(C)cc2)SCCO)cc1.COc1ccc(C(CC(=O)c2cccc(C)c2)SCCO)cc1. The molecule has 0 fully saturated rings. The number of carbonyl (C=O) groups excluding carboxylic acids is 5. The van der Waals surface area contributed by atoms with Crippen molar-refractivity contribution in [3.05, 3.63) is 321 Å². The van der Waals surface area contributed by atoms with E-state index >= 15 is 0 Å². The molecule has 0 aliphatic rings. The number of carbonyl (C=O) groups is 5. The first-order valence-corrected chi connectivity index (χ1v) is 43.4. The average molecular weight is 1670 g/mol. The van der Waals surface area contributed by atoms with Crippen molar-refractivity contribution in [2.75, 3.05) is 104 Å². The molecule has 0 saturated heterocycles. The lowest BCUT2D eigenvalue weighted by atomic mass is 10.0. The number of ketones is 5. The molecule has 0 saturated carbocycles. The van der Waals surface area contributed by atoms with Crippen molar-refractivity contribution in [1.82, 2.24) is 0 Å². The molecule has 0 spiro atoms. The summed E-state index contributed by atoms with van der Waals surface area (Å²) in [5.74, 6) is 8.28. The molecule has 10 aromatic carbocycles. The second kappa shape index (κ2) is 54.0. The molecule has 5 N–H and O–H groups in total. The second-order valence-electron chi connectivity index (χ2n) is 26.6. The lowest BCUT2D eigenvalue weighted by Crippen LogP contribution is -2.07. The van der Waals surface area contributed by atoms with E-state index in [-0.39, 0.29) is 88.2 Å². The maximum atomic E-state index is 12.6. The van der Waals surface area contributed by atoms with Gasteiger partial charge in [-0.2, -0.15) is 58.8 Å². The molecule has 21 heteroatoms. The average Bonchev–Trinajstić information content (AvgIpc) is 0.873. The van der Waals surface area contributed by atoms with Crippen LogP contribution in [-0.2, 0) is 0 Å². The number of aliphatic hydroxyl groups is 5. The molecule has 5 atom stereocenters. The van der Waals surface area contributed by atoms with Crippen LogP contribution >= 0.6 is 58.8 Å². The van der Waals surface area contributed by atoms with E-state index in [1.165, 1.54) is 0 Å². The quantitative estimate of drug-likeness (QED) is 0.0224. The first-order valence-electron chi connectivity index (χ1n) is 38.1. The number of ether oxygens (including phenoxy) is 6. The molecule has 616 valence electrons. The molecule has 10 aromatic rings. The molecular formula is C95H110O16S5. The highest BCUT2D eigenvalue weighted by atomic mass is 32.2. The second-order valence-corrected chi connectivity index (χ2v) is 33.2. The van der Waals surface area contributed by atoms with Crippen molar-refractivity contribution >= 4 is 87.7 Å². The van der Waals surface area contributed by atoms with Crippen molar-refractivity contribution in [2.24, 2.45) is 0 Å². The Bertz CT molecular complexity index is 4200. The van der Waals surface area contributed by atoms with Gasteiger partial charge in [0.2, 0.25) is 0 Å². The number of aryl methyl sites for hydroxylation is 4. The van der Waals surface area contributed by atoms with Crippen LogP contribution in [-0.4, -0.2) is 159 Å². The minimum Gasteiger partial charge on any atom is -0.497 e. The van der Waals surface area contributed by atoms with Gasteiger partial charge in [0.15, 0.2) is 28.9 Å². The van der Waals surface area contributed by atoms with Crippen molar-refractivity contribution < 1.29 is 77.9 Å². The molecule has 10 rings (SSSR count). The van der Waals surface area contributed by atoms with Gasteiger partial charge in [0.1, 0.15) is 34.5 Å². The summed E-state index contributed by atoms with van der Waals surface area (Å²) in [4.78, 5) is 62.7. The molecule has 16 nitrogen and oxygen atoms in total. The van der Waals surface area contributed by atoms with E-state index in [2.05, 4.69) is 0 Å². The Morgan fingerprint density at radius 1 is 0.241 bits per heavy atom. The Kier molecular flexibility index (Phi) is 44.6. The van der Waals surface area contributed by atoms with E-state index < -0.39 is 0 Å². The minimum atomic E-state index is -0.00217. The van der Waals surface area contributed by atoms with Gasteiger partial charge in [0, 0.05) is 115 Å². The van der Waals surface area contributed by atoms with Gasteiger partial charge in [-0.25, -0.2) is 0 Å². The summed E-state index contributed by atoms with van der Waals surface area (Å²) in [5, 5.41) is 45.6. The zero-order chi connectivity index (χ0) is 84.0. The fourth-order valence-corrected chi connectivity index (χ4v) is 16.7. The van der Waals surface area contributed by atoms with E-state index in [0.717, 1.165) is 107 Å². The molecular weight excluding hydrogens is 1560 g/mol. The summed E-state index contributed by atoms with van der Waals surface area (Å²) in [6, 6.07) is 76.6. The fraction of sp³-hybridized carbons (Fsp3) is 0.316. The van der Waals surface area contributed by atoms with Crippen molar-refractivity contribution in [2.45, 2.75) is 86.0 Å². The summed E-state index contributed by atoms with van der Waals surface area (Å²) in [5.41, 5.74) is 13.5. The first kappa shape index (κ1) is 95.7. The number of rotatable bonds is 41. The monoisotopic (exact) mass is 1670 g/mol. The maximum absolute atomic E-state index is 12.6. The normalized spacial score (nSPS) is 11.9. The Labute approximate surface area is 706 Å². The highest BCUT2D eigenvalue weighted by molar-refractivity contribution is 8.00. The number of methoxy groups -OCH3 is 6. The smallest absolute Gasteiger partial charge is 0.164 e. The summed E-state index contributed by atoms with van der Waals surface area (Å²) < 4.78 is 31.0. The van der Waals surface area contributed by atoms with E-state index in [1.54, 1.807) is 126 Å². The Morgan fingerprint density at radius 3 is 0.603 bits per heavy atom. The first-order chi connectivity index (χ1) is 56.2. The van der Waals surface area contributed by atoms with E-state index in [1.807, 2.05) is 246 Å². The summed E-state index contributed by atoms with van der Waals surface area (Å²) in [6.45, 7) is 8.52. The highest BCUT2D eigenvalue weighted by Gasteiger charge is 2.24. The van der Waals surface area contributed by atoms with Gasteiger partial charge in [0.05, 0.1) is 75.7 Å². The molecule has 0 heterocycles. The van der Waals surface area contributed by atoms with Gasteiger partial charge >= 0.3 is 0 Å². The van der Waals surface area contributed by atoms with Crippen LogP contribution in [0.4, 0.5) is 0 Å². The van der Waals surface area contributed by atoms with E-state index in [0.29, 0.717) is 66.4 Å². The predicted octanol–water partition coefficient (Wildman–Crippen LogP) is 19.9. The number of hydrogen-bond donors (Lipinski definition) is 5. The molecule has 5 unspecified atom stereocenters. The minimum absolute atomic E-state index is 0.00217. The van der Waals surface area contributed by atoms with Crippen molar-refractivity contribution in [1.29, 1.82) is 0 Å². The van der Waals surface area contributed by atoms with E-state index in [9.17, 15) is 24.0 Å². The van der Waals surface area contributed by atoms with Crippen LogP contribution in [0.2, 0.25) is 0 Å². The van der Waals surface area contributed by atoms with Gasteiger partial charge in [-0.05, 0) is 147 Å². The zero-order valence-corrected chi connectivity index (χ0v) is 71.9. The lowest BCUT2D eigenvalue weighted by Gasteiger charge is -2.16. The Morgan fingerprint density at radius 2 is 0.422 bits per heavy atom. The number of thioether (sulfide) groups is 5. The van der Waals surface area contributed by atoms with Crippen LogP contribution in [0, 0.1) is 27.7 Å². The van der Waals surface area contributed by atoms with Crippen LogP contribution in [0.3, 0.4) is 0 Å². The Hall–Kier alpha value is -9.10. The van der Waals surface area contributed by atoms with Crippen LogP contribution < -0.4 is 28.4 Å². The van der Waals surface area contributed by atoms with Gasteiger partial charge < -0.3 is 54.0 Å². The van der Waals surface area contributed by atoms with Crippen LogP contribution in [0.15, 0.2) is 243 Å². The largest absolute Gasteiger partial charge is 0.497 e. The van der Waals surface area contributed by atoms with Gasteiger partial charge in [0.25, 0.3) is 0 Å². The summed E-state index contributed by atoms with van der Waals surface area (Å²) in [7, 11) is 9.76. The standard InChI is InChI=1S/C19H22O4S.4C19H22O3S/c1-22-16-7-3-14(4-8-16)18(21)13-19(24-12-11-20)15-5-9-17(23-2)10-6-15;3*1-14-3-5-15(6-4-14)18(21)13-19(23-12-11-20)16-7-9-17(22-2)10-8-16;1-14-4-3-5-16(12-14)18(21)13-19(23-11-10-20)15-6-8-17(22-2)9-7-15/h3-10,19-20H,11-13H2,1-2H3;3*3-10,19-20H,11-13H2,1-2H3;3-9,12,19-20H,10-11,13H2,1-2H3. The Balaban J connectivity index is 0.000000225. The van der Waals surface area contributed by atoms with Crippen LogP contribution in [0.5, 0.6) is 34.5 Å². The third-order valence-corrected chi connectivity index (χ3v) is 24.5. The number of Topliss-reactive ketones (excluding diaryl/α,β-unsaturated/α-hetero) is 5. The number of hydrogen-bond acceptors (Lipinski definition) is 21. The zero-order valence-electron chi connectivity index (χ0n) is 67.9. The van der Waals surface area contributed by atoms with Gasteiger partial charge in [-0.1, -0.05) is 174 Å². The molecule has 0 amide bonds. The molecule has 0 aliphatic carbocycles. The molecule has 116 heavy (non-hydrogen) atoms. The summed E-state index contributed by atoms with van der Waals surface area (Å²) in [6.07, 6.45) is 2.05. The van der Waals surface area contributed by atoms with Gasteiger partial charge in [-0.15, -0.1) is 0 Å². The topological polar surface area (TPSA) is 242 Å². The molecule has 0 aliphatic heterocycles.